The number of carboxylic acid groups (broad SMARTS) is 1. The Hall–Kier alpha value is -2.20. The second-order valence-electron chi connectivity index (χ2n) is 8.94. The summed E-state index contributed by atoms with van der Waals surface area (Å²) < 4.78 is 0. The Kier molecular flexibility index (Phi) is 11.3. The molecule has 0 spiro atoms. The topological polar surface area (TPSA) is 75.7 Å². The predicted molar refractivity (Wildman–Crippen MR) is 129 cm³/mol. The molecule has 1 rings (SSSR count). The van der Waals surface area contributed by atoms with E-state index in [-0.39, 0.29) is 5.41 Å². The molecule has 3 N–H and O–H groups in total. The zero-order valence-corrected chi connectivity index (χ0v) is 19.4. The molecule has 4 nitrogen and oxygen atoms in total. The number of aliphatic carboxylic acids is 1. The molecule has 1 aliphatic carbocycles. The van der Waals surface area contributed by atoms with Gasteiger partial charge in [-0.05, 0) is 81.9 Å². The molecular weight excluding hydrogens is 372 g/mol. The van der Waals surface area contributed by atoms with E-state index in [9.17, 15) is 4.79 Å². The number of unbranched alkanes of at least 4 members (excludes halogenated alkanes) is 1. The van der Waals surface area contributed by atoms with Gasteiger partial charge < -0.3 is 10.8 Å². The van der Waals surface area contributed by atoms with Gasteiger partial charge in [0.1, 0.15) is 6.04 Å². The van der Waals surface area contributed by atoms with Crippen LogP contribution in [-0.4, -0.2) is 29.9 Å². The Bertz CT molecular complexity index is 749. The van der Waals surface area contributed by atoms with Crippen molar-refractivity contribution < 1.29 is 9.90 Å². The molecule has 166 valence electrons. The molecule has 30 heavy (non-hydrogen) atoms. The first-order valence-electron chi connectivity index (χ1n) is 11.0. The quantitative estimate of drug-likeness (QED) is 0.242. The highest BCUT2D eigenvalue weighted by atomic mass is 16.4. The van der Waals surface area contributed by atoms with Gasteiger partial charge in [-0.2, -0.15) is 0 Å². The van der Waals surface area contributed by atoms with Crippen LogP contribution in [0.3, 0.4) is 0 Å². The van der Waals surface area contributed by atoms with Crippen LogP contribution in [0.15, 0.2) is 63.7 Å². The number of nitrogens with zero attached hydrogens (tertiary/aromatic N) is 1. The van der Waals surface area contributed by atoms with Crippen LogP contribution in [0.4, 0.5) is 0 Å². The number of allylic oxidation sites excluding steroid dienone is 10. The number of hydrogen-bond donors (Lipinski definition) is 2. The van der Waals surface area contributed by atoms with Gasteiger partial charge in [0.05, 0.1) is 0 Å². The highest BCUT2D eigenvalue weighted by Gasteiger charge is 2.26. The molecule has 0 unspecified atom stereocenters. The summed E-state index contributed by atoms with van der Waals surface area (Å²) in [5.41, 5.74) is 11.1. The average molecular weight is 413 g/mol. The van der Waals surface area contributed by atoms with E-state index < -0.39 is 12.0 Å². The molecule has 0 aromatic rings. The second-order valence-corrected chi connectivity index (χ2v) is 8.94. The van der Waals surface area contributed by atoms with Gasteiger partial charge in [0.25, 0.3) is 0 Å². The van der Waals surface area contributed by atoms with Gasteiger partial charge >= 0.3 is 5.97 Å². The summed E-state index contributed by atoms with van der Waals surface area (Å²) in [7, 11) is 0. The Morgan fingerprint density at radius 1 is 1.20 bits per heavy atom. The standard InChI is InChI=1S/C26H40N2O2/c1-20(14-15-23-22(3)12-9-17-26(23,4)5)10-8-11-21(2)16-19-28-18-7-6-13-24(27)25(29)30/h8,10-11,14-16,19,24H,6-7,9,12-13,17-18,27H2,1-5H3,(H,29,30)/b11-8+,15-14+,20-10+,21-16-,28-19?/t24-/m0/s1. The van der Waals surface area contributed by atoms with Crippen LogP contribution in [0.1, 0.15) is 73.1 Å². The van der Waals surface area contributed by atoms with Gasteiger partial charge in [0.2, 0.25) is 0 Å². The lowest BCUT2D eigenvalue weighted by Crippen LogP contribution is -2.29. The van der Waals surface area contributed by atoms with Crippen molar-refractivity contribution in [2.45, 2.75) is 79.2 Å². The average Bonchev–Trinajstić information content (AvgIpc) is 2.66. The predicted octanol–water partition coefficient (Wildman–Crippen LogP) is 6.17. The summed E-state index contributed by atoms with van der Waals surface area (Å²) in [6, 6.07) is -0.762. The molecule has 1 aliphatic rings. The Labute approximate surface area is 183 Å². The van der Waals surface area contributed by atoms with Gasteiger partial charge in [-0.15, -0.1) is 0 Å². The molecule has 0 saturated heterocycles. The Morgan fingerprint density at radius 2 is 1.90 bits per heavy atom. The van der Waals surface area contributed by atoms with E-state index >= 15 is 0 Å². The summed E-state index contributed by atoms with van der Waals surface area (Å²) in [5, 5.41) is 8.73. The lowest BCUT2D eigenvalue weighted by Gasteiger charge is -2.32. The molecule has 0 fully saturated rings. The first-order chi connectivity index (χ1) is 14.1. The lowest BCUT2D eigenvalue weighted by molar-refractivity contribution is -0.138. The highest BCUT2D eigenvalue weighted by molar-refractivity contribution is 5.73. The van der Waals surface area contributed by atoms with Crippen LogP contribution in [0.2, 0.25) is 0 Å². The van der Waals surface area contributed by atoms with Crippen LogP contribution in [0.25, 0.3) is 0 Å². The monoisotopic (exact) mass is 412 g/mol. The zero-order valence-electron chi connectivity index (χ0n) is 19.4. The molecule has 0 radical (unpaired) electrons. The van der Waals surface area contributed by atoms with E-state index in [2.05, 4.69) is 63.1 Å². The smallest absolute Gasteiger partial charge is 0.320 e. The molecule has 0 aromatic heterocycles. The number of aliphatic imine (C=N–C) groups is 1. The van der Waals surface area contributed by atoms with Crippen molar-refractivity contribution in [3.63, 3.8) is 0 Å². The van der Waals surface area contributed by atoms with E-state index in [0.29, 0.717) is 13.0 Å². The third-order valence-electron chi connectivity index (χ3n) is 5.59. The number of carbonyl (C=O) groups is 1. The van der Waals surface area contributed by atoms with Crippen molar-refractivity contribution in [1.29, 1.82) is 0 Å². The van der Waals surface area contributed by atoms with E-state index in [1.165, 1.54) is 36.0 Å². The van der Waals surface area contributed by atoms with Crippen molar-refractivity contribution in [1.82, 2.24) is 0 Å². The van der Waals surface area contributed by atoms with Crippen molar-refractivity contribution in [2.24, 2.45) is 16.1 Å². The third-order valence-corrected chi connectivity index (χ3v) is 5.59. The maximum atomic E-state index is 10.6. The molecule has 1 atom stereocenters. The fourth-order valence-electron chi connectivity index (χ4n) is 3.62. The Morgan fingerprint density at radius 3 is 2.57 bits per heavy atom. The molecule has 4 heteroatoms. The fourth-order valence-corrected chi connectivity index (χ4v) is 3.62. The van der Waals surface area contributed by atoms with E-state index in [4.69, 9.17) is 10.8 Å². The molecular formula is C26H40N2O2. The first kappa shape index (κ1) is 25.8. The largest absolute Gasteiger partial charge is 0.480 e. The summed E-state index contributed by atoms with van der Waals surface area (Å²) in [6.07, 6.45) is 20.5. The summed E-state index contributed by atoms with van der Waals surface area (Å²) in [5.74, 6) is -0.936. The fraction of sp³-hybridized carbons (Fsp3) is 0.538. The van der Waals surface area contributed by atoms with Gasteiger partial charge in [-0.25, -0.2) is 0 Å². The number of carboxylic acids is 1. The van der Waals surface area contributed by atoms with Crippen LogP contribution in [-0.2, 0) is 4.79 Å². The van der Waals surface area contributed by atoms with E-state index in [1.54, 1.807) is 0 Å². The summed E-state index contributed by atoms with van der Waals surface area (Å²) in [6.45, 7) is 11.8. The van der Waals surface area contributed by atoms with Crippen molar-refractivity contribution in [2.75, 3.05) is 6.54 Å². The van der Waals surface area contributed by atoms with E-state index in [0.717, 1.165) is 18.4 Å². The third kappa shape index (κ3) is 10.0. The summed E-state index contributed by atoms with van der Waals surface area (Å²) in [4.78, 5) is 15.0. The maximum Gasteiger partial charge on any atom is 0.320 e. The summed E-state index contributed by atoms with van der Waals surface area (Å²) >= 11 is 0. The molecule has 0 amide bonds. The highest BCUT2D eigenvalue weighted by Crippen LogP contribution is 2.40. The zero-order chi connectivity index (χ0) is 22.6. The van der Waals surface area contributed by atoms with Crippen molar-refractivity contribution in [3.05, 3.63) is 58.7 Å². The van der Waals surface area contributed by atoms with Crippen LogP contribution < -0.4 is 5.73 Å². The maximum absolute atomic E-state index is 10.6. The number of rotatable bonds is 11. The second kappa shape index (κ2) is 13.2. The SMILES string of the molecule is CC1=C(/C=C/C(C)=C/C=C/C(C)=C\C=NCCCC[C@H](N)C(=O)O)C(C)(C)CCC1. The molecule has 0 heterocycles. The van der Waals surface area contributed by atoms with Crippen molar-refractivity contribution >= 4 is 12.2 Å². The molecule has 0 aromatic carbocycles. The van der Waals surface area contributed by atoms with Gasteiger partial charge in [-0.3, -0.25) is 9.79 Å². The lowest BCUT2D eigenvalue weighted by atomic mass is 9.72. The molecule has 0 saturated carbocycles. The normalized spacial score (nSPS) is 19.4. The van der Waals surface area contributed by atoms with Crippen molar-refractivity contribution in [3.8, 4) is 0 Å². The van der Waals surface area contributed by atoms with Gasteiger partial charge in [0.15, 0.2) is 0 Å². The van der Waals surface area contributed by atoms with Crippen LogP contribution in [0.5, 0.6) is 0 Å². The van der Waals surface area contributed by atoms with Gasteiger partial charge in [0, 0.05) is 12.8 Å². The number of nitrogens with two attached hydrogens (primary N) is 1. The minimum atomic E-state index is -0.936. The van der Waals surface area contributed by atoms with Gasteiger partial charge in [-0.1, -0.05) is 55.4 Å². The minimum Gasteiger partial charge on any atom is -0.480 e. The molecule has 0 bridgehead atoms. The minimum absolute atomic E-state index is 0.274. The van der Waals surface area contributed by atoms with Crippen LogP contribution in [0, 0.1) is 5.41 Å². The molecule has 0 aliphatic heterocycles. The van der Waals surface area contributed by atoms with Crippen LogP contribution >= 0.6 is 0 Å². The first-order valence-corrected chi connectivity index (χ1v) is 11.0. The number of hydrogen-bond acceptors (Lipinski definition) is 3. The Balaban J connectivity index is 2.45. The van der Waals surface area contributed by atoms with E-state index in [1.807, 2.05) is 19.2 Å².